The molecule has 0 atom stereocenters. The molecule has 0 aliphatic carbocycles. The molecule has 106 valence electrons. The van der Waals surface area contributed by atoms with Crippen molar-refractivity contribution in [2.24, 2.45) is 0 Å². The molecule has 4 heteroatoms. The molecular formula is C16H17BrFNS. The first-order valence-electron chi connectivity index (χ1n) is 6.61. The second-order valence-corrected chi connectivity index (χ2v) is 6.53. The van der Waals surface area contributed by atoms with E-state index in [2.05, 4.69) is 28.2 Å². The van der Waals surface area contributed by atoms with Crippen LogP contribution in [0.2, 0.25) is 0 Å². The van der Waals surface area contributed by atoms with Crippen LogP contribution in [0.25, 0.3) is 0 Å². The standard InChI is InChI=1S/C16H17BrFNS/c1-2-9-19-11-12-3-8-16(15(18)10-12)20-14-6-4-13(17)5-7-14/h3-8,10,19H,2,9,11H2,1H3. The largest absolute Gasteiger partial charge is 0.313 e. The molecule has 0 aromatic heterocycles. The van der Waals surface area contributed by atoms with Gasteiger partial charge in [-0.1, -0.05) is 40.7 Å². The maximum atomic E-state index is 14.1. The Kier molecular flexibility index (Phi) is 6.07. The van der Waals surface area contributed by atoms with E-state index in [-0.39, 0.29) is 5.82 Å². The van der Waals surface area contributed by atoms with Crippen LogP contribution >= 0.6 is 27.7 Å². The van der Waals surface area contributed by atoms with Crippen molar-refractivity contribution in [3.05, 3.63) is 58.3 Å². The molecule has 0 heterocycles. The lowest BCUT2D eigenvalue weighted by atomic mass is 10.2. The average molecular weight is 354 g/mol. The molecule has 0 unspecified atom stereocenters. The summed E-state index contributed by atoms with van der Waals surface area (Å²) in [6.07, 6.45) is 1.08. The van der Waals surface area contributed by atoms with Crippen molar-refractivity contribution in [3.8, 4) is 0 Å². The van der Waals surface area contributed by atoms with Crippen LogP contribution in [-0.4, -0.2) is 6.54 Å². The van der Waals surface area contributed by atoms with Gasteiger partial charge in [-0.2, -0.15) is 0 Å². The molecule has 0 saturated heterocycles. The highest BCUT2D eigenvalue weighted by Crippen LogP contribution is 2.31. The fourth-order valence-electron chi connectivity index (χ4n) is 1.78. The van der Waals surface area contributed by atoms with Crippen molar-refractivity contribution >= 4 is 27.7 Å². The Hall–Kier alpha value is -0.840. The third-order valence-electron chi connectivity index (χ3n) is 2.79. The zero-order valence-electron chi connectivity index (χ0n) is 11.3. The Morgan fingerprint density at radius 1 is 1.15 bits per heavy atom. The van der Waals surface area contributed by atoms with Gasteiger partial charge in [-0.15, -0.1) is 0 Å². The Labute approximate surface area is 132 Å². The van der Waals surface area contributed by atoms with Gasteiger partial charge in [0.1, 0.15) is 5.82 Å². The fourth-order valence-corrected chi connectivity index (χ4v) is 2.86. The minimum absolute atomic E-state index is 0.159. The van der Waals surface area contributed by atoms with Gasteiger partial charge >= 0.3 is 0 Å². The summed E-state index contributed by atoms with van der Waals surface area (Å²) in [7, 11) is 0. The first-order chi connectivity index (χ1) is 9.69. The van der Waals surface area contributed by atoms with Gasteiger partial charge in [0.25, 0.3) is 0 Å². The number of hydrogen-bond donors (Lipinski definition) is 1. The Balaban J connectivity index is 2.03. The molecular weight excluding hydrogens is 337 g/mol. The maximum absolute atomic E-state index is 14.1. The number of nitrogens with one attached hydrogen (secondary N) is 1. The lowest BCUT2D eigenvalue weighted by molar-refractivity contribution is 0.595. The van der Waals surface area contributed by atoms with Gasteiger partial charge in [-0.05, 0) is 54.9 Å². The average Bonchev–Trinajstić information content (AvgIpc) is 2.44. The van der Waals surface area contributed by atoms with Gasteiger partial charge in [-0.3, -0.25) is 0 Å². The van der Waals surface area contributed by atoms with E-state index in [4.69, 9.17) is 0 Å². The van der Waals surface area contributed by atoms with Crippen LogP contribution < -0.4 is 5.32 Å². The summed E-state index contributed by atoms with van der Waals surface area (Å²) < 4.78 is 15.1. The van der Waals surface area contributed by atoms with E-state index in [1.165, 1.54) is 11.8 Å². The number of halogens is 2. The molecule has 2 rings (SSSR count). The van der Waals surface area contributed by atoms with Crippen molar-refractivity contribution in [1.82, 2.24) is 5.32 Å². The molecule has 0 aliphatic rings. The summed E-state index contributed by atoms with van der Waals surface area (Å²) in [5.74, 6) is -0.159. The zero-order valence-corrected chi connectivity index (χ0v) is 13.7. The summed E-state index contributed by atoms with van der Waals surface area (Å²) in [6.45, 7) is 3.79. The van der Waals surface area contributed by atoms with Crippen LogP contribution in [0.15, 0.2) is 56.7 Å². The molecule has 0 radical (unpaired) electrons. The van der Waals surface area contributed by atoms with Gasteiger partial charge in [0.05, 0.1) is 0 Å². The van der Waals surface area contributed by atoms with Crippen LogP contribution in [0, 0.1) is 5.82 Å². The van der Waals surface area contributed by atoms with Crippen LogP contribution in [0.1, 0.15) is 18.9 Å². The fraction of sp³-hybridized carbons (Fsp3) is 0.250. The minimum Gasteiger partial charge on any atom is -0.313 e. The van der Waals surface area contributed by atoms with E-state index in [0.717, 1.165) is 27.9 Å². The van der Waals surface area contributed by atoms with Gasteiger partial charge in [-0.25, -0.2) is 4.39 Å². The van der Waals surface area contributed by atoms with E-state index in [1.807, 2.05) is 36.4 Å². The van der Waals surface area contributed by atoms with E-state index >= 15 is 0 Å². The van der Waals surface area contributed by atoms with E-state index in [9.17, 15) is 4.39 Å². The first-order valence-corrected chi connectivity index (χ1v) is 8.22. The lowest BCUT2D eigenvalue weighted by Gasteiger charge is -2.07. The monoisotopic (exact) mass is 353 g/mol. The summed E-state index contributed by atoms with van der Waals surface area (Å²) in [6, 6.07) is 13.3. The Morgan fingerprint density at radius 2 is 1.90 bits per heavy atom. The normalized spacial score (nSPS) is 10.8. The third kappa shape index (κ3) is 4.62. The van der Waals surface area contributed by atoms with Gasteiger partial charge in [0.2, 0.25) is 0 Å². The first kappa shape index (κ1) is 15.5. The molecule has 0 aliphatic heterocycles. The van der Waals surface area contributed by atoms with Crippen molar-refractivity contribution in [2.45, 2.75) is 29.7 Å². The van der Waals surface area contributed by atoms with Gasteiger partial charge in [0.15, 0.2) is 0 Å². The number of rotatable bonds is 6. The molecule has 1 N–H and O–H groups in total. The molecule has 2 aromatic carbocycles. The van der Waals surface area contributed by atoms with Crippen LogP contribution in [-0.2, 0) is 6.54 Å². The molecule has 20 heavy (non-hydrogen) atoms. The SMILES string of the molecule is CCCNCc1ccc(Sc2ccc(Br)cc2)c(F)c1. The summed E-state index contributed by atoms with van der Waals surface area (Å²) in [5, 5.41) is 3.28. The molecule has 0 fully saturated rings. The summed E-state index contributed by atoms with van der Waals surface area (Å²) in [4.78, 5) is 1.69. The zero-order chi connectivity index (χ0) is 14.4. The van der Waals surface area contributed by atoms with E-state index in [1.54, 1.807) is 6.07 Å². The Bertz CT molecular complexity index is 557. The minimum atomic E-state index is -0.159. The second kappa shape index (κ2) is 7.81. The lowest BCUT2D eigenvalue weighted by Crippen LogP contribution is -2.13. The predicted octanol–water partition coefficient (Wildman–Crippen LogP) is 5.24. The van der Waals surface area contributed by atoms with Crippen molar-refractivity contribution in [1.29, 1.82) is 0 Å². The van der Waals surface area contributed by atoms with Crippen LogP contribution in [0.5, 0.6) is 0 Å². The summed E-state index contributed by atoms with van der Waals surface area (Å²) >= 11 is 4.84. The van der Waals surface area contributed by atoms with Crippen molar-refractivity contribution < 1.29 is 4.39 Å². The number of benzene rings is 2. The van der Waals surface area contributed by atoms with E-state index < -0.39 is 0 Å². The second-order valence-electron chi connectivity index (χ2n) is 4.50. The highest BCUT2D eigenvalue weighted by atomic mass is 79.9. The third-order valence-corrected chi connectivity index (χ3v) is 4.38. The molecule has 0 bridgehead atoms. The van der Waals surface area contributed by atoms with Gasteiger partial charge < -0.3 is 5.32 Å². The van der Waals surface area contributed by atoms with Gasteiger partial charge in [0, 0.05) is 20.8 Å². The quantitative estimate of drug-likeness (QED) is 0.712. The topological polar surface area (TPSA) is 12.0 Å². The predicted molar refractivity (Wildman–Crippen MR) is 86.7 cm³/mol. The maximum Gasteiger partial charge on any atom is 0.137 e. The molecule has 0 amide bonds. The van der Waals surface area contributed by atoms with Crippen LogP contribution in [0.4, 0.5) is 4.39 Å². The molecule has 1 nitrogen and oxygen atoms in total. The summed E-state index contributed by atoms with van der Waals surface area (Å²) in [5.41, 5.74) is 0.983. The smallest absolute Gasteiger partial charge is 0.137 e. The Morgan fingerprint density at radius 3 is 2.55 bits per heavy atom. The molecule has 2 aromatic rings. The van der Waals surface area contributed by atoms with Crippen LogP contribution in [0.3, 0.4) is 0 Å². The van der Waals surface area contributed by atoms with Crippen molar-refractivity contribution in [2.75, 3.05) is 6.54 Å². The van der Waals surface area contributed by atoms with E-state index in [0.29, 0.717) is 11.4 Å². The highest BCUT2D eigenvalue weighted by Gasteiger charge is 2.05. The highest BCUT2D eigenvalue weighted by molar-refractivity contribution is 9.10. The molecule has 0 spiro atoms. The number of hydrogen-bond acceptors (Lipinski definition) is 2. The van der Waals surface area contributed by atoms with Crippen molar-refractivity contribution in [3.63, 3.8) is 0 Å². The molecule has 0 saturated carbocycles.